The lowest BCUT2D eigenvalue weighted by Crippen LogP contribution is -2.28. The standard InChI is InChI=1S/C7H15N.C6H8.2C2H6/c1-7-3-5-8(2)6-4-7;1-3-5-6-4-2;2*1-2/h7H,3-6H2,1-2H3;3-6H,1-2H2;2*1-2H3/b;6-5-;;. The number of likely N-dealkylation sites (tertiary alicyclic amines) is 1. The number of rotatable bonds is 2. The highest BCUT2D eigenvalue weighted by atomic mass is 15.1. The molecular weight excluding hydrogens is 218 g/mol. The minimum absolute atomic E-state index is 0.978. The molecule has 0 unspecified atom stereocenters. The average Bonchev–Trinajstić information content (AvgIpc) is 2.45. The molecule has 0 aromatic carbocycles. The summed E-state index contributed by atoms with van der Waals surface area (Å²) in [4.78, 5) is 2.40. The Bertz CT molecular complexity index is 154. The Hall–Kier alpha value is -0.820. The first-order chi connectivity index (χ1) is 8.70. The molecule has 1 aliphatic rings. The second-order valence-electron chi connectivity index (χ2n) is 3.84. The third-order valence-electron chi connectivity index (χ3n) is 2.39. The topological polar surface area (TPSA) is 3.24 Å². The Morgan fingerprint density at radius 1 is 0.889 bits per heavy atom. The normalized spacial score (nSPS) is 15.2. The van der Waals surface area contributed by atoms with Gasteiger partial charge in [-0.15, -0.1) is 0 Å². The molecule has 1 heterocycles. The first-order valence-corrected chi connectivity index (χ1v) is 7.29. The van der Waals surface area contributed by atoms with E-state index < -0.39 is 0 Å². The highest BCUT2D eigenvalue weighted by Crippen LogP contribution is 2.13. The van der Waals surface area contributed by atoms with Crippen LogP contribution in [0.3, 0.4) is 0 Å². The lowest BCUT2D eigenvalue weighted by molar-refractivity contribution is 0.230. The Kier molecular flexibility index (Phi) is 26.7. The van der Waals surface area contributed by atoms with E-state index in [1.54, 1.807) is 12.2 Å². The molecule has 1 aliphatic heterocycles. The van der Waals surface area contributed by atoms with E-state index in [0.29, 0.717) is 0 Å². The van der Waals surface area contributed by atoms with Gasteiger partial charge < -0.3 is 4.90 Å². The Morgan fingerprint density at radius 3 is 1.44 bits per heavy atom. The molecule has 0 saturated carbocycles. The van der Waals surface area contributed by atoms with Crippen LogP contribution in [0.1, 0.15) is 47.5 Å². The van der Waals surface area contributed by atoms with Crippen LogP contribution < -0.4 is 0 Å². The lowest BCUT2D eigenvalue weighted by Gasteiger charge is -2.26. The molecule has 1 heteroatoms. The summed E-state index contributed by atoms with van der Waals surface area (Å²) in [5.74, 6) is 0.978. The number of hydrogen-bond acceptors (Lipinski definition) is 1. The molecule has 0 aliphatic carbocycles. The van der Waals surface area contributed by atoms with E-state index in [1.165, 1.54) is 25.9 Å². The summed E-state index contributed by atoms with van der Waals surface area (Å²) >= 11 is 0. The van der Waals surface area contributed by atoms with E-state index in [4.69, 9.17) is 0 Å². The van der Waals surface area contributed by atoms with Gasteiger partial charge in [-0.1, -0.05) is 72.1 Å². The quantitative estimate of drug-likeness (QED) is 0.602. The smallest absolute Gasteiger partial charge is 0.00192 e. The number of piperidine rings is 1. The maximum atomic E-state index is 3.46. The molecule has 18 heavy (non-hydrogen) atoms. The molecule has 1 nitrogen and oxygen atoms in total. The second-order valence-corrected chi connectivity index (χ2v) is 3.84. The van der Waals surface area contributed by atoms with Crippen molar-refractivity contribution in [2.24, 2.45) is 5.92 Å². The van der Waals surface area contributed by atoms with Crippen molar-refractivity contribution >= 4 is 0 Å². The van der Waals surface area contributed by atoms with Gasteiger partial charge in [0, 0.05) is 0 Å². The largest absolute Gasteiger partial charge is 0.306 e. The van der Waals surface area contributed by atoms with E-state index >= 15 is 0 Å². The summed E-state index contributed by atoms with van der Waals surface area (Å²) in [6.07, 6.45) is 9.87. The van der Waals surface area contributed by atoms with Crippen LogP contribution in [-0.4, -0.2) is 25.0 Å². The van der Waals surface area contributed by atoms with Crippen molar-refractivity contribution in [1.29, 1.82) is 0 Å². The third-order valence-corrected chi connectivity index (χ3v) is 2.39. The van der Waals surface area contributed by atoms with E-state index in [2.05, 4.69) is 32.0 Å². The fourth-order valence-electron chi connectivity index (χ4n) is 1.29. The highest BCUT2D eigenvalue weighted by Gasteiger charge is 2.10. The van der Waals surface area contributed by atoms with Crippen LogP contribution in [0.5, 0.6) is 0 Å². The van der Waals surface area contributed by atoms with Crippen LogP contribution in [0.15, 0.2) is 37.5 Å². The molecule has 0 radical (unpaired) electrons. The van der Waals surface area contributed by atoms with Crippen LogP contribution in [-0.2, 0) is 0 Å². The molecule has 0 aromatic heterocycles. The highest BCUT2D eigenvalue weighted by molar-refractivity contribution is 5.05. The number of hydrogen-bond donors (Lipinski definition) is 0. The van der Waals surface area contributed by atoms with Gasteiger partial charge in [-0.25, -0.2) is 0 Å². The fraction of sp³-hybridized carbons (Fsp3) is 0.647. The molecule has 0 atom stereocenters. The summed E-state index contributed by atoms with van der Waals surface area (Å²) in [5, 5.41) is 0. The van der Waals surface area contributed by atoms with Gasteiger partial charge in [0.25, 0.3) is 0 Å². The van der Waals surface area contributed by atoms with Crippen molar-refractivity contribution in [3.05, 3.63) is 37.5 Å². The van der Waals surface area contributed by atoms with E-state index in [-0.39, 0.29) is 0 Å². The SMILES string of the molecule is C=C/C=C\C=C.CC.CC.CC1CCN(C)CC1. The Labute approximate surface area is 116 Å². The van der Waals surface area contributed by atoms with E-state index in [1.807, 2.05) is 39.8 Å². The van der Waals surface area contributed by atoms with Crippen molar-refractivity contribution in [3.63, 3.8) is 0 Å². The average molecular weight is 253 g/mol. The minimum Gasteiger partial charge on any atom is -0.306 e. The van der Waals surface area contributed by atoms with Gasteiger partial charge in [-0.05, 0) is 38.9 Å². The van der Waals surface area contributed by atoms with Crippen molar-refractivity contribution in [3.8, 4) is 0 Å². The molecular formula is C17H35N. The van der Waals surface area contributed by atoms with Crippen molar-refractivity contribution < 1.29 is 0 Å². The molecule has 0 amide bonds. The summed E-state index contributed by atoms with van der Waals surface area (Å²) in [6, 6.07) is 0. The van der Waals surface area contributed by atoms with Gasteiger partial charge in [-0.2, -0.15) is 0 Å². The second kappa shape index (κ2) is 21.5. The molecule has 108 valence electrons. The van der Waals surface area contributed by atoms with Gasteiger partial charge in [-0.3, -0.25) is 0 Å². The summed E-state index contributed by atoms with van der Waals surface area (Å²) in [7, 11) is 2.20. The summed E-state index contributed by atoms with van der Waals surface area (Å²) < 4.78 is 0. The molecule has 0 spiro atoms. The molecule has 0 aromatic rings. The summed E-state index contributed by atoms with van der Waals surface area (Å²) in [6.45, 7) is 19.9. The number of nitrogens with zero attached hydrogens (tertiary/aromatic N) is 1. The minimum atomic E-state index is 0.978. The van der Waals surface area contributed by atoms with Gasteiger partial charge in [0.2, 0.25) is 0 Å². The zero-order valence-corrected chi connectivity index (χ0v) is 13.6. The zero-order chi connectivity index (χ0) is 14.8. The molecule has 0 bridgehead atoms. The molecule has 0 N–H and O–H groups in total. The van der Waals surface area contributed by atoms with Crippen LogP contribution >= 0.6 is 0 Å². The predicted molar refractivity (Wildman–Crippen MR) is 88.1 cm³/mol. The third kappa shape index (κ3) is 20.6. The predicted octanol–water partition coefficient (Wildman–Crippen LogP) is 5.32. The van der Waals surface area contributed by atoms with E-state index in [9.17, 15) is 0 Å². The van der Waals surface area contributed by atoms with Crippen LogP contribution in [0.25, 0.3) is 0 Å². The molecule has 1 saturated heterocycles. The molecule has 1 fully saturated rings. The fourth-order valence-corrected chi connectivity index (χ4v) is 1.29. The first kappa shape index (κ1) is 22.4. The lowest BCUT2D eigenvalue weighted by atomic mass is 10.00. The van der Waals surface area contributed by atoms with Gasteiger partial charge >= 0.3 is 0 Å². The van der Waals surface area contributed by atoms with Gasteiger partial charge in [0.1, 0.15) is 0 Å². The van der Waals surface area contributed by atoms with Crippen LogP contribution in [0.4, 0.5) is 0 Å². The first-order valence-electron chi connectivity index (χ1n) is 7.29. The molecule has 1 rings (SSSR count). The Balaban J connectivity index is -0.000000201. The van der Waals surface area contributed by atoms with Gasteiger partial charge in [0.15, 0.2) is 0 Å². The van der Waals surface area contributed by atoms with Crippen LogP contribution in [0, 0.1) is 5.92 Å². The van der Waals surface area contributed by atoms with Crippen molar-refractivity contribution in [2.75, 3.05) is 20.1 Å². The zero-order valence-electron chi connectivity index (χ0n) is 13.6. The van der Waals surface area contributed by atoms with E-state index in [0.717, 1.165) is 5.92 Å². The van der Waals surface area contributed by atoms with Crippen molar-refractivity contribution in [2.45, 2.75) is 47.5 Å². The monoisotopic (exact) mass is 253 g/mol. The maximum absolute atomic E-state index is 3.46. The van der Waals surface area contributed by atoms with Crippen molar-refractivity contribution in [1.82, 2.24) is 4.90 Å². The number of allylic oxidation sites excluding steroid dienone is 4. The summed E-state index contributed by atoms with van der Waals surface area (Å²) in [5.41, 5.74) is 0. The van der Waals surface area contributed by atoms with Gasteiger partial charge in [0.05, 0.1) is 0 Å². The Morgan fingerprint density at radius 2 is 1.22 bits per heavy atom. The maximum Gasteiger partial charge on any atom is -0.00192 e. The van der Waals surface area contributed by atoms with Crippen LogP contribution in [0.2, 0.25) is 0 Å².